The Morgan fingerprint density at radius 3 is 1.47 bits per heavy atom. The molecule has 2 rings (SSSR count). The molecule has 0 amide bonds. The van der Waals surface area contributed by atoms with Gasteiger partial charge in [0.05, 0.1) is 0 Å². The van der Waals surface area contributed by atoms with Gasteiger partial charge in [0, 0.05) is 11.0 Å². The Morgan fingerprint density at radius 2 is 1.02 bits per heavy atom. The molecule has 0 aliphatic carbocycles. The zero-order valence-electron chi connectivity index (χ0n) is 35.3. The van der Waals surface area contributed by atoms with Gasteiger partial charge in [0.15, 0.2) is 0 Å². The van der Waals surface area contributed by atoms with Crippen molar-refractivity contribution >= 4 is 8.60 Å². The molecule has 2 aromatic carbocycles. The van der Waals surface area contributed by atoms with Gasteiger partial charge < -0.3 is 19.4 Å². The molecule has 0 heterocycles. The van der Waals surface area contributed by atoms with Gasteiger partial charge in [-0.25, -0.2) is 0 Å². The summed E-state index contributed by atoms with van der Waals surface area (Å²) >= 11 is 0. The Morgan fingerprint density at radius 1 is 0.588 bits per heavy atom. The van der Waals surface area contributed by atoms with E-state index < -0.39 is 8.60 Å². The van der Waals surface area contributed by atoms with Gasteiger partial charge in [0.2, 0.25) is 0 Å². The molecule has 0 aromatic heterocycles. The molecule has 0 saturated carbocycles. The van der Waals surface area contributed by atoms with Crippen LogP contribution in [0.3, 0.4) is 0 Å². The van der Waals surface area contributed by atoms with Gasteiger partial charge in [0.25, 0.3) is 0 Å². The van der Waals surface area contributed by atoms with E-state index in [2.05, 4.69) is 108 Å². The lowest BCUT2D eigenvalue weighted by molar-refractivity contribution is 0.254. The molecule has 0 saturated heterocycles. The number of benzene rings is 2. The number of aromatic hydroxyl groups is 1. The number of phenolic OH excluding ortho intramolecular Hbond substituents is 1. The summed E-state index contributed by atoms with van der Waals surface area (Å²) in [6, 6.07) is 8.83. The predicted octanol–water partition coefficient (Wildman–Crippen LogP) is 14.3. The highest BCUT2D eigenvalue weighted by molar-refractivity contribution is 7.39. The van der Waals surface area contributed by atoms with Gasteiger partial charge in [-0.1, -0.05) is 172 Å². The quantitative estimate of drug-likeness (QED) is 0.0834. The fraction of sp³-hybridized carbons (Fsp3) is 0.739. The normalized spacial score (nSPS) is 14.5. The van der Waals surface area contributed by atoms with Crippen molar-refractivity contribution in [1.82, 2.24) is 0 Å². The first-order valence-corrected chi connectivity index (χ1v) is 21.8. The highest BCUT2D eigenvalue weighted by atomic mass is 31.2. The highest BCUT2D eigenvalue weighted by Gasteiger charge is 2.44. The van der Waals surface area contributed by atoms with E-state index in [1.807, 2.05) is 6.07 Å². The van der Waals surface area contributed by atoms with Crippen LogP contribution in [-0.4, -0.2) is 14.9 Å². The Hall–Kier alpha value is -1.61. The Balaban J connectivity index is 2.85. The second-order valence-electron chi connectivity index (χ2n) is 18.7. The number of phenols is 1. The summed E-state index contributed by atoms with van der Waals surface area (Å²) in [7, 11) is -2.54. The van der Waals surface area contributed by atoms with E-state index in [9.17, 15) is 14.9 Å². The average Bonchev–Trinajstić information content (AvgIpc) is 2.99. The monoisotopic (exact) mass is 727 g/mol. The zero-order chi connectivity index (χ0) is 38.6. The molecule has 51 heavy (non-hydrogen) atoms. The fourth-order valence-corrected chi connectivity index (χ4v) is 8.83. The second kappa shape index (κ2) is 20.7. The Kier molecular flexibility index (Phi) is 18.5. The average molecular weight is 727 g/mol. The maximum Gasteiger partial charge on any atom is 0.391 e. The van der Waals surface area contributed by atoms with Crippen molar-refractivity contribution in [2.45, 2.75) is 203 Å². The van der Waals surface area contributed by atoms with Crippen molar-refractivity contribution in [3.05, 3.63) is 57.6 Å². The number of aryl methyl sites for hydroxylation is 2. The first-order chi connectivity index (χ1) is 23.7. The molecule has 0 spiro atoms. The molecule has 4 nitrogen and oxygen atoms in total. The lowest BCUT2D eigenvalue weighted by Crippen LogP contribution is -2.39. The number of hydrogen-bond acceptors (Lipinski definition) is 4. The van der Waals surface area contributed by atoms with E-state index in [4.69, 9.17) is 4.52 Å². The van der Waals surface area contributed by atoms with Crippen molar-refractivity contribution < 1.29 is 19.4 Å². The topological polar surface area (TPSA) is 69.9 Å². The third-order valence-corrected chi connectivity index (χ3v) is 11.7. The lowest BCUT2D eigenvalue weighted by atomic mass is 9.58. The van der Waals surface area contributed by atoms with Crippen LogP contribution < -0.4 is 4.52 Å². The maximum atomic E-state index is 11.4. The Labute approximate surface area is 316 Å². The molecule has 2 unspecified atom stereocenters. The minimum absolute atomic E-state index is 0.213. The maximum absolute atomic E-state index is 11.4. The first-order valence-electron chi connectivity index (χ1n) is 20.6. The van der Waals surface area contributed by atoms with E-state index in [0.29, 0.717) is 17.4 Å². The Bertz CT molecular complexity index is 1320. The van der Waals surface area contributed by atoms with E-state index in [1.165, 1.54) is 81.8 Å². The molecule has 3 N–H and O–H groups in total. The van der Waals surface area contributed by atoms with Gasteiger partial charge in [-0.2, -0.15) is 0 Å². The van der Waals surface area contributed by atoms with Crippen molar-refractivity contribution in [2.75, 3.05) is 0 Å². The van der Waals surface area contributed by atoms with Gasteiger partial charge >= 0.3 is 8.60 Å². The molecule has 0 aliphatic heterocycles. The summed E-state index contributed by atoms with van der Waals surface area (Å²) in [5.74, 6) is 2.87. The van der Waals surface area contributed by atoms with Crippen LogP contribution in [0, 0.1) is 31.6 Å². The minimum Gasteiger partial charge on any atom is -0.508 e. The van der Waals surface area contributed by atoms with Crippen LogP contribution in [0.2, 0.25) is 0 Å². The summed E-state index contributed by atoms with van der Waals surface area (Å²) in [6.07, 6.45) is 18.5. The number of hydrogen-bond donors (Lipinski definition) is 3. The number of rotatable bonds is 22. The molecule has 0 radical (unpaired) electrons. The van der Waals surface area contributed by atoms with Gasteiger partial charge in [0.1, 0.15) is 11.5 Å². The molecule has 5 heteroatoms. The van der Waals surface area contributed by atoms with Crippen LogP contribution in [0.15, 0.2) is 24.3 Å². The van der Waals surface area contributed by atoms with Crippen molar-refractivity contribution in [3.8, 4) is 11.5 Å². The van der Waals surface area contributed by atoms with E-state index in [-0.39, 0.29) is 16.2 Å². The van der Waals surface area contributed by atoms with Crippen LogP contribution in [-0.2, 0) is 16.2 Å². The summed E-state index contributed by atoms with van der Waals surface area (Å²) in [5.41, 5.74) is 6.19. The van der Waals surface area contributed by atoms with Crippen molar-refractivity contribution in [2.24, 2.45) is 17.8 Å². The fourth-order valence-electron chi connectivity index (χ4n) is 8.50. The van der Waals surface area contributed by atoms with E-state index in [0.717, 1.165) is 59.8 Å². The largest absolute Gasteiger partial charge is 0.508 e. The van der Waals surface area contributed by atoms with Crippen LogP contribution >= 0.6 is 8.60 Å². The number of unbranched alkanes of at least 4 members (excludes halogenated alkanes) is 8. The highest BCUT2D eigenvalue weighted by Crippen LogP contribution is 2.53. The molecule has 292 valence electrons. The van der Waals surface area contributed by atoms with Crippen LogP contribution in [0.4, 0.5) is 0 Å². The molecule has 2 atom stereocenters. The summed E-state index contributed by atoms with van der Waals surface area (Å²) < 4.78 is 5.74. The summed E-state index contributed by atoms with van der Waals surface area (Å²) in [5, 5.41) is 11.4. The van der Waals surface area contributed by atoms with E-state index in [1.54, 1.807) is 0 Å². The minimum atomic E-state index is -2.54. The predicted molar refractivity (Wildman–Crippen MR) is 222 cm³/mol. The molecule has 0 fully saturated rings. The third kappa shape index (κ3) is 13.6. The molecular formula is C46H79O4P. The first kappa shape index (κ1) is 45.5. The SMILES string of the molecule is CCC(CCCCCCCC(C)C)C(CCCCCCCC(C)C)(c1cc(C(C)(C)C)c(O)cc1C)c1cc(C(C)(C)C)c(OP(O)O)cc1C. The van der Waals surface area contributed by atoms with Crippen molar-refractivity contribution in [3.63, 3.8) is 0 Å². The molecular weight excluding hydrogens is 647 g/mol. The third-order valence-electron chi connectivity index (χ3n) is 11.3. The standard InChI is InChI=1S/C46H79O4P/c1-14-37(27-23-19-15-17-21-25-33(2)3)46(28-24-20-16-18-22-26-34(4)5,38-31-40(44(8,9)10)42(47)29-35(38)6)39-32-41(45(11,12)13)43(30-36(39)7)50-51(48)49/h29-34,37,47-49H,14-28H2,1-13H3. The van der Waals surface area contributed by atoms with Crippen molar-refractivity contribution in [1.29, 1.82) is 0 Å². The van der Waals surface area contributed by atoms with Crippen LogP contribution in [0.25, 0.3) is 0 Å². The van der Waals surface area contributed by atoms with Crippen LogP contribution in [0.5, 0.6) is 11.5 Å². The zero-order valence-corrected chi connectivity index (χ0v) is 36.2. The lowest BCUT2D eigenvalue weighted by Gasteiger charge is -2.45. The van der Waals surface area contributed by atoms with Gasteiger partial charge in [-0.05, 0) is 95.2 Å². The smallest absolute Gasteiger partial charge is 0.391 e. The summed E-state index contributed by atoms with van der Waals surface area (Å²) in [4.78, 5) is 20.0. The van der Waals surface area contributed by atoms with Gasteiger partial charge in [-0.15, -0.1) is 0 Å². The molecule has 2 aromatic rings. The van der Waals surface area contributed by atoms with Crippen LogP contribution in [0.1, 0.15) is 206 Å². The molecule has 0 aliphatic rings. The second-order valence-corrected chi connectivity index (χ2v) is 19.4. The summed E-state index contributed by atoms with van der Waals surface area (Å²) in [6.45, 7) is 29.2. The van der Waals surface area contributed by atoms with E-state index >= 15 is 0 Å². The van der Waals surface area contributed by atoms with Gasteiger partial charge in [-0.3, -0.25) is 0 Å². The molecule has 0 bridgehead atoms.